The molecule has 1 aliphatic rings. The van der Waals surface area contributed by atoms with E-state index in [2.05, 4.69) is 10.00 Å². The first-order chi connectivity index (χ1) is 16.2. The molecule has 0 aliphatic carbocycles. The molecule has 1 fully saturated rings. The van der Waals surface area contributed by atoms with Crippen molar-refractivity contribution in [3.63, 3.8) is 0 Å². The number of hydrogen-bond donors (Lipinski definition) is 0. The van der Waals surface area contributed by atoms with E-state index in [1.54, 1.807) is 17.9 Å². The molecule has 2 aromatic carbocycles. The molecule has 1 saturated heterocycles. The smallest absolute Gasteiger partial charge is 0.258 e. The lowest BCUT2D eigenvalue weighted by molar-refractivity contribution is -0.00539. The number of likely N-dealkylation sites (tertiary alicyclic amines) is 1. The first-order valence-corrected chi connectivity index (χ1v) is 11.3. The number of aromatic nitrogens is 3. The number of pyridine rings is 1. The van der Waals surface area contributed by atoms with E-state index in [0.29, 0.717) is 12.4 Å². The van der Waals surface area contributed by atoms with E-state index in [0.717, 1.165) is 48.2 Å². The Kier molecular flexibility index (Phi) is 6.24. The average Bonchev–Trinajstić information content (AvgIpc) is 3.48. The fraction of sp³-hybridized carbons (Fsp3) is 0.308. The summed E-state index contributed by atoms with van der Waals surface area (Å²) < 4.78 is 15.0. The molecule has 1 aliphatic heterocycles. The standard InChI is InChI=1S/C26H28N4O3/c1-32-26-8-5-12-28(26)14-15-30-24-10-9-22(16-21(24)18-27-30)29-13-11-23(17-25(29)31)33-19-20-6-3-2-4-7-20/h2-4,6-7,9-11,13,16-18,26H,5,8,12,14-15,19H2,1H3/t26-/m1/s1. The maximum Gasteiger partial charge on any atom is 0.258 e. The van der Waals surface area contributed by atoms with Crippen molar-refractivity contribution in [3.05, 3.63) is 89.0 Å². The Bertz CT molecular complexity index is 1280. The van der Waals surface area contributed by atoms with Gasteiger partial charge in [0.2, 0.25) is 0 Å². The van der Waals surface area contributed by atoms with Crippen LogP contribution in [0, 0.1) is 0 Å². The van der Waals surface area contributed by atoms with Crippen molar-refractivity contribution in [1.29, 1.82) is 0 Å². The Morgan fingerprint density at radius 1 is 1.06 bits per heavy atom. The lowest BCUT2D eigenvalue weighted by atomic mass is 10.2. The third kappa shape index (κ3) is 4.69. The molecule has 0 saturated carbocycles. The van der Waals surface area contributed by atoms with Crippen LogP contribution in [-0.4, -0.2) is 45.7 Å². The van der Waals surface area contributed by atoms with Gasteiger partial charge in [0, 0.05) is 43.5 Å². The lowest BCUT2D eigenvalue weighted by Gasteiger charge is -2.22. The minimum atomic E-state index is -0.132. The number of hydrogen-bond acceptors (Lipinski definition) is 5. The largest absolute Gasteiger partial charge is 0.489 e. The molecule has 4 aromatic rings. The Balaban J connectivity index is 1.29. The van der Waals surface area contributed by atoms with Crippen LogP contribution in [0.2, 0.25) is 0 Å². The summed E-state index contributed by atoms with van der Waals surface area (Å²) in [5.74, 6) is 0.560. The Morgan fingerprint density at radius 3 is 2.76 bits per heavy atom. The molecule has 170 valence electrons. The van der Waals surface area contributed by atoms with Crippen LogP contribution >= 0.6 is 0 Å². The molecular weight excluding hydrogens is 416 g/mol. The summed E-state index contributed by atoms with van der Waals surface area (Å²) in [4.78, 5) is 15.1. The number of ether oxygens (including phenoxy) is 2. The van der Waals surface area contributed by atoms with Crippen molar-refractivity contribution < 1.29 is 9.47 Å². The summed E-state index contributed by atoms with van der Waals surface area (Å²) in [6.45, 7) is 3.20. The molecule has 0 unspecified atom stereocenters. The molecule has 0 radical (unpaired) electrons. The topological polar surface area (TPSA) is 61.5 Å². The van der Waals surface area contributed by atoms with Gasteiger partial charge in [-0.05, 0) is 42.7 Å². The van der Waals surface area contributed by atoms with Gasteiger partial charge in [-0.15, -0.1) is 0 Å². The molecule has 1 atom stereocenters. The summed E-state index contributed by atoms with van der Waals surface area (Å²) in [6.07, 6.45) is 6.09. The highest BCUT2D eigenvalue weighted by atomic mass is 16.5. The highest BCUT2D eigenvalue weighted by Crippen LogP contribution is 2.21. The Labute approximate surface area is 192 Å². The molecule has 2 aromatic heterocycles. The van der Waals surface area contributed by atoms with Gasteiger partial charge in [0.1, 0.15) is 18.6 Å². The van der Waals surface area contributed by atoms with Gasteiger partial charge in [-0.3, -0.25) is 18.9 Å². The van der Waals surface area contributed by atoms with Crippen molar-refractivity contribution >= 4 is 10.9 Å². The normalized spacial score (nSPS) is 16.5. The summed E-state index contributed by atoms with van der Waals surface area (Å²) in [7, 11) is 1.78. The van der Waals surface area contributed by atoms with Crippen LogP contribution in [0.1, 0.15) is 18.4 Å². The number of benzene rings is 2. The van der Waals surface area contributed by atoms with E-state index >= 15 is 0 Å². The summed E-state index contributed by atoms with van der Waals surface area (Å²) in [5.41, 5.74) is 2.79. The second-order valence-corrected chi connectivity index (χ2v) is 8.32. The molecule has 0 spiro atoms. The molecule has 0 amide bonds. The second-order valence-electron chi connectivity index (χ2n) is 8.32. The zero-order chi connectivity index (χ0) is 22.6. The van der Waals surface area contributed by atoms with E-state index in [1.807, 2.05) is 65.5 Å². The van der Waals surface area contributed by atoms with Crippen molar-refractivity contribution in [3.8, 4) is 11.4 Å². The van der Waals surface area contributed by atoms with E-state index < -0.39 is 0 Å². The van der Waals surface area contributed by atoms with Gasteiger partial charge in [0.25, 0.3) is 5.56 Å². The minimum absolute atomic E-state index is 0.132. The zero-order valence-corrected chi connectivity index (χ0v) is 18.8. The summed E-state index contributed by atoms with van der Waals surface area (Å²) in [5, 5.41) is 5.58. The van der Waals surface area contributed by atoms with Crippen LogP contribution in [-0.2, 0) is 17.9 Å². The molecule has 0 N–H and O–H groups in total. The predicted octanol–water partition coefficient (Wildman–Crippen LogP) is 3.83. The fourth-order valence-corrected chi connectivity index (χ4v) is 4.45. The van der Waals surface area contributed by atoms with Gasteiger partial charge in [-0.2, -0.15) is 5.10 Å². The molecule has 3 heterocycles. The number of nitrogens with zero attached hydrogens (tertiary/aromatic N) is 4. The lowest BCUT2D eigenvalue weighted by Crippen LogP contribution is -2.33. The highest BCUT2D eigenvalue weighted by molar-refractivity contribution is 5.80. The van der Waals surface area contributed by atoms with Crippen molar-refractivity contribution in [2.24, 2.45) is 0 Å². The van der Waals surface area contributed by atoms with Gasteiger partial charge >= 0.3 is 0 Å². The predicted molar refractivity (Wildman–Crippen MR) is 128 cm³/mol. The molecule has 0 bridgehead atoms. The van der Waals surface area contributed by atoms with Crippen molar-refractivity contribution in [2.75, 3.05) is 20.2 Å². The van der Waals surface area contributed by atoms with Gasteiger partial charge in [0.15, 0.2) is 0 Å². The van der Waals surface area contributed by atoms with Crippen LogP contribution in [0.25, 0.3) is 16.6 Å². The van der Waals surface area contributed by atoms with Crippen LogP contribution in [0.4, 0.5) is 0 Å². The van der Waals surface area contributed by atoms with Crippen LogP contribution in [0.15, 0.2) is 77.9 Å². The van der Waals surface area contributed by atoms with Crippen molar-refractivity contribution in [2.45, 2.75) is 32.2 Å². The summed E-state index contributed by atoms with van der Waals surface area (Å²) in [6, 6.07) is 19.2. The van der Waals surface area contributed by atoms with Gasteiger partial charge in [0.05, 0.1) is 18.3 Å². The maximum atomic E-state index is 12.7. The van der Waals surface area contributed by atoms with Crippen molar-refractivity contribution in [1.82, 2.24) is 19.2 Å². The van der Waals surface area contributed by atoms with Gasteiger partial charge in [-0.25, -0.2) is 0 Å². The van der Waals surface area contributed by atoms with Gasteiger partial charge < -0.3 is 9.47 Å². The SMILES string of the molecule is CO[C@@H]1CCCN1CCn1ncc2cc(-n3ccc(OCc4ccccc4)cc3=O)ccc21. The molecule has 7 heteroatoms. The number of methoxy groups -OCH3 is 1. The Hall–Kier alpha value is -3.42. The third-order valence-corrected chi connectivity index (χ3v) is 6.22. The summed E-state index contributed by atoms with van der Waals surface area (Å²) >= 11 is 0. The van der Waals surface area contributed by atoms with E-state index in [-0.39, 0.29) is 11.8 Å². The highest BCUT2D eigenvalue weighted by Gasteiger charge is 2.23. The van der Waals surface area contributed by atoms with Crippen LogP contribution in [0.3, 0.4) is 0 Å². The first-order valence-electron chi connectivity index (χ1n) is 11.3. The maximum absolute atomic E-state index is 12.7. The molecule has 5 rings (SSSR count). The third-order valence-electron chi connectivity index (χ3n) is 6.22. The van der Waals surface area contributed by atoms with Crippen LogP contribution < -0.4 is 10.3 Å². The quantitative estimate of drug-likeness (QED) is 0.413. The fourth-order valence-electron chi connectivity index (χ4n) is 4.45. The minimum Gasteiger partial charge on any atom is -0.489 e. The van der Waals surface area contributed by atoms with E-state index in [1.165, 1.54) is 12.5 Å². The van der Waals surface area contributed by atoms with Gasteiger partial charge in [-0.1, -0.05) is 30.3 Å². The van der Waals surface area contributed by atoms with E-state index in [4.69, 9.17) is 9.47 Å². The second kappa shape index (κ2) is 9.60. The first kappa shape index (κ1) is 21.4. The number of rotatable bonds is 8. The Morgan fingerprint density at radius 2 is 1.94 bits per heavy atom. The average molecular weight is 445 g/mol. The monoisotopic (exact) mass is 444 g/mol. The molecule has 33 heavy (non-hydrogen) atoms. The zero-order valence-electron chi connectivity index (χ0n) is 18.8. The molecule has 7 nitrogen and oxygen atoms in total. The number of fused-ring (bicyclic) bond motifs is 1. The van der Waals surface area contributed by atoms with E-state index in [9.17, 15) is 4.79 Å². The van der Waals surface area contributed by atoms with Crippen LogP contribution in [0.5, 0.6) is 5.75 Å². The molecular formula is C26H28N4O3.